The molecule has 10 nitrogen and oxygen atoms in total. The number of hydrogen-bond acceptors (Lipinski definition) is 8. The number of carbonyl (C=O) groups excluding carboxylic acids is 2. The largest absolute Gasteiger partial charge is 0.494 e. The van der Waals surface area contributed by atoms with Crippen LogP contribution in [0, 0.1) is 21.4 Å². The van der Waals surface area contributed by atoms with Gasteiger partial charge in [-0.3, -0.25) is 14.9 Å². The second-order valence-electron chi connectivity index (χ2n) is 8.09. The molecule has 1 amide bonds. The lowest BCUT2D eigenvalue weighted by molar-refractivity contribution is -0.384. The van der Waals surface area contributed by atoms with Gasteiger partial charge in [0, 0.05) is 6.07 Å². The van der Waals surface area contributed by atoms with E-state index in [-0.39, 0.29) is 34.2 Å². The third-order valence-electron chi connectivity index (χ3n) is 5.72. The van der Waals surface area contributed by atoms with Gasteiger partial charge in [0.25, 0.3) is 11.6 Å². The summed E-state index contributed by atoms with van der Waals surface area (Å²) in [6.07, 6.45) is 1.33. The van der Waals surface area contributed by atoms with E-state index in [1.807, 2.05) is 36.4 Å². The molecule has 0 radical (unpaired) electrons. The van der Waals surface area contributed by atoms with E-state index in [0.29, 0.717) is 11.1 Å². The highest BCUT2D eigenvalue weighted by molar-refractivity contribution is 6.10. The number of non-ortho nitro benzene ring substituents is 1. The Balaban J connectivity index is 1.56. The van der Waals surface area contributed by atoms with Crippen molar-refractivity contribution in [1.29, 1.82) is 5.26 Å². The van der Waals surface area contributed by atoms with Gasteiger partial charge >= 0.3 is 5.97 Å². The Morgan fingerprint density at radius 2 is 1.67 bits per heavy atom. The molecular formula is C29H21N3O7. The maximum absolute atomic E-state index is 12.9. The summed E-state index contributed by atoms with van der Waals surface area (Å²) in [5.74, 6) is -0.885. The lowest BCUT2D eigenvalue weighted by Gasteiger charge is -2.12. The molecule has 4 aromatic carbocycles. The number of nitro groups is 1. The summed E-state index contributed by atoms with van der Waals surface area (Å²) in [6, 6.07) is 22.9. The molecule has 0 aliphatic heterocycles. The van der Waals surface area contributed by atoms with Crippen molar-refractivity contribution in [2.75, 3.05) is 19.5 Å². The maximum Gasteiger partial charge on any atom is 0.344 e. The summed E-state index contributed by atoms with van der Waals surface area (Å²) in [7, 11) is 2.70. The zero-order valence-electron chi connectivity index (χ0n) is 20.8. The number of fused-ring (bicyclic) bond motifs is 1. The second kappa shape index (κ2) is 11.6. The van der Waals surface area contributed by atoms with Crippen molar-refractivity contribution in [1.82, 2.24) is 0 Å². The van der Waals surface area contributed by atoms with Crippen LogP contribution in [0.4, 0.5) is 11.4 Å². The number of rotatable bonds is 8. The van der Waals surface area contributed by atoms with Crippen molar-refractivity contribution in [2.24, 2.45) is 0 Å². The fourth-order valence-corrected chi connectivity index (χ4v) is 3.82. The zero-order chi connectivity index (χ0) is 27.9. The van der Waals surface area contributed by atoms with Gasteiger partial charge in [0.05, 0.1) is 36.5 Å². The van der Waals surface area contributed by atoms with Gasteiger partial charge in [0.2, 0.25) is 0 Å². The van der Waals surface area contributed by atoms with E-state index in [2.05, 4.69) is 5.32 Å². The molecule has 4 aromatic rings. The third-order valence-corrected chi connectivity index (χ3v) is 5.72. The number of ether oxygens (including phenoxy) is 3. The predicted molar refractivity (Wildman–Crippen MR) is 144 cm³/mol. The molecule has 0 unspecified atom stereocenters. The van der Waals surface area contributed by atoms with Gasteiger partial charge in [-0.05, 0) is 46.7 Å². The Labute approximate surface area is 222 Å². The van der Waals surface area contributed by atoms with Gasteiger partial charge in [-0.15, -0.1) is 0 Å². The van der Waals surface area contributed by atoms with E-state index in [4.69, 9.17) is 14.2 Å². The van der Waals surface area contributed by atoms with Crippen LogP contribution in [-0.4, -0.2) is 31.0 Å². The van der Waals surface area contributed by atoms with Gasteiger partial charge in [-0.2, -0.15) is 5.26 Å². The van der Waals surface area contributed by atoms with Crippen LogP contribution in [0.25, 0.3) is 16.8 Å². The third kappa shape index (κ3) is 5.84. The summed E-state index contributed by atoms with van der Waals surface area (Å²) < 4.78 is 16.1. The second-order valence-corrected chi connectivity index (χ2v) is 8.09. The fraction of sp³-hybridized carbons (Fsp3) is 0.0690. The zero-order valence-corrected chi connectivity index (χ0v) is 20.8. The lowest BCUT2D eigenvalue weighted by atomic mass is 10.0. The van der Waals surface area contributed by atoms with Crippen LogP contribution in [0.15, 0.2) is 84.4 Å². The van der Waals surface area contributed by atoms with Crippen molar-refractivity contribution in [3.63, 3.8) is 0 Å². The number of nitro benzene ring substituents is 1. The number of nitrogens with zero attached hydrogens (tertiary/aromatic N) is 2. The van der Waals surface area contributed by atoms with Crippen LogP contribution in [0.3, 0.4) is 0 Å². The average Bonchev–Trinajstić information content (AvgIpc) is 2.96. The van der Waals surface area contributed by atoms with Crippen molar-refractivity contribution >= 4 is 40.1 Å². The Morgan fingerprint density at radius 3 is 2.38 bits per heavy atom. The summed E-state index contributed by atoms with van der Waals surface area (Å²) in [6.45, 7) is 0. The molecule has 0 aliphatic rings. The van der Waals surface area contributed by atoms with E-state index in [9.17, 15) is 25.0 Å². The van der Waals surface area contributed by atoms with Crippen LogP contribution in [0.1, 0.15) is 15.9 Å². The summed E-state index contributed by atoms with van der Waals surface area (Å²) in [5.41, 5.74) is 0.512. The quantitative estimate of drug-likeness (QED) is 0.0794. The summed E-state index contributed by atoms with van der Waals surface area (Å²) in [4.78, 5) is 36.1. The minimum Gasteiger partial charge on any atom is -0.494 e. The molecule has 1 N–H and O–H groups in total. The smallest absolute Gasteiger partial charge is 0.344 e. The van der Waals surface area contributed by atoms with Crippen LogP contribution < -0.4 is 19.5 Å². The molecule has 4 rings (SSSR count). The number of nitrogens with one attached hydrogen (secondary N) is 1. The van der Waals surface area contributed by atoms with Gasteiger partial charge in [0.15, 0.2) is 11.5 Å². The van der Waals surface area contributed by atoms with Crippen molar-refractivity contribution in [3.8, 4) is 23.3 Å². The van der Waals surface area contributed by atoms with Crippen molar-refractivity contribution in [2.45, 2.75) is 0 Å². The number of amides is 1. The highest BCUT2D eigenvalue weighted by Gasteiger charge is 2.18. The SMILES string of the molecule is COc1cc([N+](=O)[O-])ccc1NC(=O)C(C#N)=Cc1ccc(OC(=O)c2cccc3ccccc23)c(OC)c1. The highest BCUT2D eigenvalue weighted by Crippen LogP contribution is 2.32. The van der Waals surface area contributed by atoms with E-state index >= 15 is 0 Å². The number of benzene rings is 4. The molecule has 0 aliphatic carbocycles. The molecular weight excluding hydrogens is 502 g/mol. The standard InChI is InChI=1S/C29H21N3O7/c1-37-26-16-21(32(35)36)11-12-24(26)31-28(33)20(17-30)14-18-10-13-25(27(15-18)38-2)39-29(34)23-9-5-7-19-6-3-4-8-22(19)23/h3-16H,1-2H3,(H,31,33). The minimum absolute atomic E-state index is 0.0638. The Hall–Kier alpha value is -5.69. The first-order valence-electron chi connectivity index (χ1n) is 11.5. The Kier molecular flexibility index (Phi) is 7.83. The number of anilines is 1. The first-order chi connectivity index (χ1) is 18.8. The lowest BCUT2D eigenvalue weighted by Crippen LogP contribution is -2.14. The average molecular weight is 524 g/mol. The normalized spacial score (nSPS) is 10.8. The molecule has 10 heteroatoms. The number of esters is 1. The monoisotopic (exact) mass is 523 g/mol. The van der Waals surface area contributed by atoms with E-state index in [0.717, 1.165) is 16.8 Å². The predicted octanol–water partition coefficient (Wildman–Crippen LogP) is 5.53. The van der Waals surface area contributed by atoms with Gasteiger partial charge in [-0.1, -0.05) is 42.5 Å². The molecule has 0 saturated heterocycles. The van der Waals surface area contributed by atoms with E-state index in [1.54, 1.807) is 18.2 Å². The number of methoxy groups -OCH3 is 2. The minimum atomic E-state index is -0.755. The summed E-state index contributed by atoms with van der Waals surface area (Å²) in [5, 5.41) is 24.7. The van der Waals surface area contributed by atoms with Crippen molar-refractivity contribution < 1.29 is 28.7 Å². The Bertz CT molecular complexity index is 1670. The topological polar surface area (TPSA) is 141 Å². The van der Waals surface area contributed by atoms with Crippen LogP contribution in [-0.2, 0) is 4.79 Å². The highest BCUT2D eigenvalue weighted by atomic mass is 16.6. The molecule has 0 saturated carbocycles. The van der Waals surface area contributed by atoms with Gasteiger partial charge in [-0.25, -0.2) is 4.79 Å². The molecule has 39 heavy (non-hydrogen) atoms. The summed E-state index contributed by atoms with van der Waals surface area (Å²) >= 11 is 0. The molecule has 194 valence electrons. The maximum atomic E-state index is 12.9. The molecule has 0 heterocycles. The molecule has 0 fully saturated rings. The van der Waals surface area contributed by atoms with Gasteiger partial charge < -0.3 is 19.5 Å². The van der Waals surface area contributed by atoms with Crippen molar-refractivity contribution in [3.05, 3.63) is 106 Å². The van der Waals surface area contributed by atoms with Gasteiger partial charge in [0.1, 0.15) is 17.4 Å². The van der Waals surface area contributed by atoms with Crippen LogP contribution >= 0.6 is 0 Å². The first-order valence-corrected chi connectivity index (χ1v) is 11.5. The number of carbonyl (C=O) groups is 2. The number of nitriles is 1. The van der Waals surface area contributed by atoms with Crippen LogP contribution in [0.5, 0.6) is 17.2 Å². The fourth-order valence-electron chi connectivity index (χ4n) is 3.82. The molecule has 0 spiro atoms. The van der Waals surface area contributed by atoms with Crippen LogP contribution in [0.2, 0.25) is 0 Å². The number of hydrogen-bond donors (Lipinski definition) is 1. The molecule has 0 aromatic heterocycles. The van der Waals surface area contributed by atoms with E-state index < -0.39 is 16.8 Å². The Morgan fingerprint density at radius 1 is 0.923 bits per heavy atom. The molecule has 0 bridgehead atoms. The first kappa shape index (κ1) is 26.4. The van der Waals surface area contributed by atoms with E-state index in [1.165, 1.54) is 44.6 Å². The molecule has 0 atom stereocenters.